The number of carbonyl (C=O) groups is 1. The molecule has 0 spiro atoms. The van der Waals surface area contributed by atoms with E-state index in [2.05, 4.69) is 10.6 Å². The number of anilines is 2. The molecule has 3 rings (SSSR count). The Labute approximate surface area is 170 Å². The van der Waals surface area contributed by atoms with Gasteiger partial charge in [-0.05, 0) is 42.5 Å². The summed E-state index contributed by atoms with van der Waals surface area (Å²) in [5.41, 5.74) is 3.16. The predicted molar refractivity (Wildman–Crippen MR) is 114 cm³/mol. The van der Waals surface area contributed by atoms with Crippen LogP contribution in [-0.4, -0.2) is 27.2 Å². The number of amides is 1. The van der Waals surface area contributed by atoms with Crippen LogP contribution in [0.5, 0.6) is 17.2 Å². The lowest BCUT2D eigenvalue weighted by atomic mass is 10.1. The van der Waals surface area contributed by atoms with Gasteiger partial charge in [0.15, 0.2) is 0 Å². The summed E-state index contributed by atoms with van der Waals surface area (Å²) in [6.07, 6.45) is 0. The molecule has 1 amide bonds. The maximum absolute atomic E-state index is 12.6. The summed E-state index contributed by atoms with van der Waals surface area (Å²) in [4.78, 5) is 12.6. The van der Waals surface area contributed by atoms with Crippen molar-refractivity contribution in [1.29, 1.82) is 0 Å². The molecule has 3 aromatic rings. The number of carbonyl (C=O) groups excluding carboxylic acids is 1. The lowest BCUT2D eigenvalue weighted by molar-refractivity contribution is 0.102. The van der Waals surface area contributed by atoms with E-state index in [1.807, 2.05) is 48.5 Å². The van der Waals surface area contributed by atoms with E-state index in [1.165, 1.54) is 0 Å². The number of ether oxygens (including phenoxy) is 3. The molecule has 6 nitrogen and oxygen atoms in total. The Bertz CT molecular complexity index is 949. The minimum atomic E-state index is -0.239. The van der Waals surface area contributed by atoms with E-state index in [-0.39, 0.29) is 5.91 Å². The molecule has 0 unspecified atom stereocenters. The van der Waals surface area contributed by atoms with Gasteiger partial charge in [-0.1, -0.05) is 18.2 Å². The third-order valence-corrected chi connectivity index (χ3v) is 4.43. The minimum absolute atomic E-state index is 0.239. The molecule has 0 aromatic heterocycles. The summed E-state index contributed by atoms with van der Waals surface area (Å²) < 4.78 is 15.8. The largest absolute Gasteiger partial charge is 0.497 e. The van der Waals surface area contributed by atoms with Crippen molar-refractivity contribution in [2.24, 2.45) is 0 Å². The van der Waals surface area contributed by atoms with E-state index in [0.717, 1.165) is 17.0 Å². The summed E-state index contributed by atoms with van der Waals surface area (Å²) in [5.74, 6) is 1.73. The molecule has 6 heteroatoms. The molecule has 0 bridgehead atoms. The van der Waals surface area contributed by atoms with Crippen LogP contribution in [0.1, 0.15) is 15.9 Å². The summed E-state index contributed by atoms with van der Waals surface area (Å²) >= 11 is 0. The summed E-state index contributed by atoms with van der Waals surface area (Å²) in [6.45, 7) is 0.638. The van der Waals surface area contributed by atoms with Crippen LogP contribution in [0.4, 0.5) is 11.4 Å². The van der Waals surface area contributed by atoms with Crippen LogP contribution in [0.3, 0.4) is 0 Å². The molecule has 0 saturated carbocycles. The Balaban J connectivity index is 1.64. The smallest absolute Gasteiger partial charge is 0.255 e. The fourth-order valence-electron chi connectivity index (χ4n) is 2.86. The van der Waals surface area contributed by atoms with Crippen LogP contribution in [0.25, 0.3) is 0 Å². The summed E-state index contributed by atoms with van der Waals surface area (Å²) in [6, 6.07) is 20.4. The maximum Gasteiger partial charge on any atom is 0.255 e. The number of nitrogens with one attached hydrogen (secondary N) is 2. The third-order valence-electron chi connectivity index (χ3n) is 4.43. The molecular formula is C23H24N2O4. The minimum Gasteiger partial charge on any atom is -0.497 e. The van der Waals surface area contributed by atoms with Gasteiger partial charge in [-0.2, -0.15) is 0 Å². The van der Waals surface area contributed by atoms with Crippen LogP contribution >= 0.6 is 0 Å². The van der Waals surface area contributed by atoms with Crippen molar-refractivity contribution >= 4 is 17.3 Å². The lowest BCUT2D eigenvalue weighted by Gasteiger charge is -2.12. The van der Waals surface area contributed by atoms with Crippen molar-refractivity contribution in [2.75, 3.05) is 32.0 Å². The molecule has 0 radical (unpaired) electrons. The van der Waals surface area contributed by atoms with E-state index in [9.17, 15) is 4.79 Å². The van der Waals surface area contributed by atoms with Crippen molar-refractivity contribution in [3.63, 3.8) is 0 Å². The van der Waals surface area contributed by atoms with Crippen molar-refractivity contribution in [3.8, 4) is 17.2 Å². The second kappa shape index (κ2) is 9.50. The van der Waals surface area contributed by atoms with Crippen LogP contribution < -0.4 is 24.8 Å². The van der Waals surface area contributed by atoms with Gasteiger partial charge in [0.1, 0.15) is 17.2 Å². The van der Waals surface area contributed by atoms with E-state index in [0.29, 0.717) is 29.3 Å². The van der Waals surface area contributed by atoms with Crippen LogP contribution in [0.15, 0.2) is 66.7 Å². The quantitative estimate of drug-likeness (QED) is 0.587. The standard InChI is InChI=1S/C23H24N2O4/c1-27-20-12-17(13-21(14-20)28-2)23(26)25-19-10-8-18(9-11-19)24-15-16-6-4-5-7-22(16)29-3/h4-14,24H,15H2,1-3H3,(H,25,26). The fourth-order valence-corrected chi connectivity index (χ4v) is 2.86. The number of para-hydroxylation sites is 1. The Morgan fingerprint density at radius 1 is 0.793 bits per heavy atom. The number of benzene rings is 3. The molecule has 0 aliphatic heterocycles. The average molecular weight is 392 g/mol. The molecule has 0 atom stereocenters. The molecule has 0 aliphatic rings. The van der Waals surface area contributed by atoms with E-state index in [1.54, 1.807) is 39.5 Å². The van der Waals surface area contributed by atoms with Gasteiger partial charge in [-0.3, -0.25) is 4.79 Å². The summed E-state index contributed by atoms with van der Waals surface area (Å²) in [7, 11) is 4.76. The normalized spacial score (nSPS) is 10.2. The Morgan fingerprint density at radius 2 is 1.41 bits per heavy atom. The molecule has 29 heavy (non-hydrogen) atoms. The topological polar surface area (TPSA) is 68.8 Å². The van der Waals surface area contributed by atoms with Gasteiger partial charge in [0.05, 0.1) is 21.3 Å². The second-order valence-corrected chi connectivity index (χ2v) is 6.30. The fraction of sp³-hybridized carbons (Fsp3) is 0.174. The Kier molecular flexibility index (Phi) is 6.58. The highest BCUT2D eigenvalue weighted by Crippen LogP contribution is 2.24. The zero-order valence-corrected chi connectivity index (χ0v) is 16.7. The SMILES string of the molecule is COc1cc(OC)cc(C(=O)Nc2ccc(NCc3ccccc3OC)cc2)c1. The number of hydrogen-bond acceptors (Lipinski definition) is 5. The Hall–Kier alpha value is -3.67. The Morgan fingerprint density at radius 3 is 2.03 bits per heavy atom. The van der Waals surface area contributed by atoms with Crippen LogP contribution in [0.2, 0.25) is 0 Å². The van der Waals surface area contributed by atoms with Gasteiger partial charge in [0.25, 0.3) is 5.91 Å². The first-order valence-electron chi connectivity index (χ1n) is 9.13. The molecule has 0 aliphatic carbocycles. The maximum atomic E-state index is 12.6. The zero-order chi connectivity index (χ0) is 20.6. The highest BCUT2D eigenvalue weighted by atomic mass is 16.5. The second-order valence-electron chi connectivity index (χ2n) is 6.30. The summed E-state index contributed by atoms with van der Waals surface area (Å²) in [5, 5.41) is 6.23. The predicted octanol–water partition coefficient (Wildman–Crippen LogP) is 4.58. The average Bonchev–Trinajstić information content (AvgIpc) is 2.78. The highest BCUT2D eigenvalue weighted by Gasteiger charge is 2.10. The first-order valence-corrected chi connectivity index (χ1v) is 9.13. The van der Waals surface area contributed by atoms with Crippen molar-refractivity contribution in [3.05, 3.63) is 77.9 Å². The van der Waals surface area contributed by atoms with Gasteiger partial charge in [-0.25, -0.2) is 0 Å². The van der Waals surface area contributed by atoms with Crippen molar-refractivity contribution in [2.45, 2.75) is 6.54 Å². The number of rotatable bonds is 8. The molecule has 0 fully saturated rings. The number of hydrogen-bond donors (Lipinski definition) is 2. The van der Waals surface area contributed by atoms with Gasteiger partial charge in [0, 0.05) is 35.1 Å². The van der Waals surface area contributed by atoms with Gasteiger partial charge >= 0.3 is 0 Å². The van der Waals surface area contributed by atoms with Crippen LogP contribution in [0, 0.1) is 0 Å². The lowest BCUT2D eigenvalue weighted by Crippen LogP contribution is -2.12. The first kappa shape index (κ1) is 20.1. The zero-order valence-electron chi connectivity index (χ0n) is 16.7. The van der Waals surface area contributed by atoms with Crippen molar-refractivity contribution < 1.29 is 19.0 Å². The molecule has 3 aromatic carbocycles. The molecule has 2 N–H and O–H groups in total. The molecule has 150 valence electrons. The third kappa shape index (κ3) is 5.19. The van der Waals surface area contributed by atoms with E-state index < -0.39 is 0 Å². The van der Waals surface area contributed by atoms with Crippen LogP contribution in [-0.2, 0) is 6.54 Å². The monoisotopic (exact) mass is 392 g/mol. The molecule has 0 heterocycles. The first-order chi connectivity index (χ1) is 14.1. The van der Waals surface area contributed by atoms with E-state index in [4.69, 9.17) is 14.2 Å². The number of methoxy groups -OCH3 is 3. The van der Waals surface area contributed by atoms with Crippen molar-refractivity contribution in [1.82, 2.24) is 0 Å². The van der Waals surface area contributed by atoms with Gasteiger partial charge < -0.3 is 24.8 Å². The molecule has 0 saturated heterocycles. The highest BCUT2D eigenvalue weighted by molar-refractivity contribution is 6.04. The van der Waals surface area contributed by atoms with Gasteiger partial charge in [0.2, 0.25) is 0 Å². The molecular weight excluding hydrogens is 368 g/mol. The van der Waals surface area contributed by atoms with E-state index >= 15 is 0 Å². The van der Waals surface area contributed by atoms with Gasteiger partial charge in [-0.15, -0.1) is 0 Å².